The van der Waals surface area contributed by atoms with E-state index in [1.807, 2.05) is 0 Å². The van der Waals surface area contributed by atoms with Gasteiger partial charge in [-0.15, -0.1) is 0 Å². The topological polar surface area (TPSA) is 17.1 Å². The second-order valence-electron chi connectivity index (χ2n) is 8.50. The van der Waals surface area contributed by atoms with E-state index in [2.05, 4.69) is 6.92 Å². The van der Waals surface area contributed by atoms with Crippen LogP contribution in [0.4, 0.5) is 0 Å². The molecule has 0 heterocycles. The van der Waals surface area contributed by atoms with Crippen LogP contribution >= 0.6 is 0 Å². The van der Waals surface area contributed by atoms with E-state index in [1.54, 1.807) is 0 Å². The van der Waals surface area contributed by atoms with Crippen molar-refractivity contribution < 1.29 is 4.79 Å². The summed E-state index contributed by atoms with van der Waals surface area (Å²) in [6.07, 6.45) is 28.1. The molecule has 1 heteroatoms. The first-order valence-corrected chi connectivity index (χ1v) is 11.9. The van der Waals surface area contributed by atoms with Crippen molar-refractivity contribution in [3.8, 4) is 0 Å². The van der Waals surface area contributed by atoms with Crippen LogP contribution in [0.2, 0.25) is 0 Å². The first kappa shape index (κ1) is 22.7. The molecule has 0 N–H and O–H groups in total. The molecule has 1 saturated carbocycles. The van der Waals surface area contributed by atoms with E-state index in [4.69, 9.17) is 0 Å². The monoisotopic (exact) mass is 350 g/mol. The normalized spacial score (nSPS) is 15.6. The van der Waals surface area contributed by atoms with Crippen molar-refractivity contribution in [2.24, 2.45) is 5.92 Å². The first-order valence-electron chi connectivity index (χ1n) is 11.9. The van der Waals surface area contributed by atoms with Gasteiger partial charge in [-0.05, 0) is 19.3 Å². The van der Waals surface area contributed by atoms with Crippen molar-refractivity contribution in [2.45, 2.75) is 142 Å². The highest BCUT2D eigenvalue weighted by Crippen LogP contribution is 2.26. The molecule has 0 aliphatic heterocycles. The third kappa shape index (κ3) is 13.5. The zero-order valence-electron chi connectivity index (χ0n) is 17.3. The summed E-state index contributed by atoms with van der Waals surface area (Å²) in [6.45, 7) is 2.29. The minimum absolute atomic E-state index is 0.431. The molecule has 0 aromatic rings. The van der Waals surface area contributed by atoms with Gasteiger partial charge in [-0.2, -0.15) is 0 Å². The molecule has 0 bridgehead atoms. The second kappa shape index (κ2) is 17.1. The largest absolute Gasteiger partial charge is 0.299 e. The average Bonchev–Trinajstić information content (AvgIpc) is 2.65. The molecule has 0 saturated heterocycles. The van der Waals surface area contributed by atoms with Crippen LogP contribution in [0.15, 0.2) is 0 Å². The smallest absolute Gasteiger partial charge is 0.135 e. The fourth-order valence-corrected chi connectivity index (χ4v) is 4.30. The highest BCUT2D eigenvalue weighted by Gasteiger charge is 2.19. The summed E-state index contributed by atoms with van der Waals surface area (Å²) < 4.78 is 0. The number of rotatable bonds is 17. The van der Waals surface area contributed by atoms with Crippen LogP contribution in [-0.2, 0) is 4.79 Å². The highest BCUT2D eigenvalue weighted by molar-refractivity contribution is 5.80. The van der Waals surface area contributed by atoms with Crippen LogP contribution in [0.5, 0.6) is 0 Å². The number of ketones is 1. The third-order valence-corrected chi connectivity index (χ3v) is 6.09. The SMILES string of the molecule is CCCCCCCCCCCCCCCCCC(=O)C1CCCCC1. The molecule has 0 spiro atoms. The van der Waals surface area contributed by atoms with Crippen LogP contribution in [0, 0.1) is 5.92 Å². The summed E-state index contributed by atoms with van der Waals surface area (Å²) >= 11 is 0. The van der Waals surface area contributed by atoms with Crippen LogP contribution < -0.4 is 0 Å². The Balaban J connectivity index is 1.73. The molecular formula is C24H46O. The number of hydrogen-bond acceptors (Lipinski definition) is 1. The summed E-state index contributed by atoms with van der Waals surface area (Å²) in [7, 11) is 0. The molecule has 0 radical (unpaired) electrons. The van der Waals surface area contributed by atoms with Crippen molar-refractivity contribution in [1.82, 2.24) is 0 Å². The summed E-state index contributed by atoms with van der Waals surface area (Å²) in [5.41, 5.74) is 0. The zero-order chi connectivity index (χ0) is 18.0. The summed E-state index contributed by atoms with van der Waals surface area (Å²) in [5, 5.41) is 0. The lowest BCUT2D eigenvalue weighted by Gasteiger charge is -2.20. The Morgan fingerprint density at radius 3 is 1.44 bits per heavy atom. The lowest BCUT2D eigenvalue weighted by Crippen LogP contribution is -2.17. The number of carbonyl (C=O) groups is 1. The minimum Gasteiger partial charge on any atom is -0.299 e. The van der Waals surface area contributed by atoms with Gasteiger partial charge in [0.2, 0.25) is 0 Å². The Kier molecular flexibility index (Phi) is 15.5. The van der Waals surface area contributed by atoms with Gasteiger partial charge in [0.25, 0.3) is 0 Å². The quantitative estimate of drug-likeness (QED) is 0.241. The van der Waals surface area contributed by atoms with Gasteiger partial charge in [0.1, 0.15) is 5.78 Å². The van der Waals surface area contributed by atoms with Crippen molar-refractivity contribution in [2.75, 3.05) is 0 Å². The van der Waals surface area contributed by atoms with Crippen LogP contribution in [0.3, 0.4) is 0 Å². The number of Topliss-reactive ketones (excluding diaryl/α,β-unsaturated/α-hetero) is 1. The molecule has 0 amide bonds. The predicted octanol–water partition coefficient (Wildman–Crippen LogP) is 8.40. The van der Waals surface area contributed by atoms with Gasteiger partial charge in [0.15, 0.2) is 0 Å². The van der Waals surface area contributed by atoms with Crippen LogP contribution in [0.1, 0.15) is 142 Å². The van der Waals surface area contributed by atoms with E-state index in [9.17, 15) is 4.79 Å². The molecule has 1 rings (SSSR count). The Morgan fingerprint density at radius 1 is 0.600 bits per heavy atom. The molecule has 25 heavy (non-hydrogen) atoms. The third-order valence-electron chi connectivity index (χ3n) is 6.09. The fraction of sp³-hybridized carbons (Fsp3) is 0.958. The zero-order valence-corrected chi connectivity index (χ0v) is 17.3. The molecule has 1 fully saturated rings. The minimum atomic E-state index is 0.431. The van der Waals surface area contributed by atoms with Gasteiger partial charge in [0, 0.05) is 12.3 Å². The Hall–Kier alpha value is -0.330. The van der Waals surface area contributed by atoms with Gasteiger partial charge in [0.05, 0.1) is 0 Å². The van der Waals surface area contributed by atoms with E-state index < -0.39 is 0 Å². The Morgan fingerprint density at radius 2 is 1.00 bits per heavy atom. The van der Waals surface area contributed by atoms with Gasteiger partial charge in [-0.25, -0.2) is 0 Å². The number of hydrogen-bond donors (Lipinski definition) is 0. The highest BCUT2D eigenvalue weighted by atomic mass is 16.1. The molecule has 148 valence electrons. The van der Waals surface area contributed by atoms with Crippen molar-refractivity contribution in [3.63, 3.8) is 0 Å². The fourth-order valence-electron chi connectivity index (χ4n) is 4.30. The van der Waals surface area contributed by atoms with E-state index in [0.717, 1.165) is 12.8 Å². The van der Waals surface area contributed by atoms with E-state index in [1.165, 1.54) is 122 Å². The van der Waals surface area contributed by atoms with Gasteiger partial charge in [-0.1, -0.05) is 116 Å². The maximum absolute atomic E-state index is 12.1. The molecule has 1 aliphatic rings. The lowest BCUT2D eigenvalue weighted by atomic mass is 9.84. The van der Waals surface area contributed by atoms with Crippen LogP contribution in [0.25, 0.3) is 0 Å². The lowest BCUT2D eigenvalue weighted by molar-refractivity contribution is -0.123. The Labute approximate surface area is 158 Å². The second-order valence-corrected chi connectivity index (χ2v) is 8.50. The Bertz CT molecular complexity index is 290. The molecule has 1 aliphatic carbocycles. The van der Waals surface area contributed by atoms with Gasteiger partial charge in [-0.3, -0.25) is 4.79 Å². The van der Waals surface area contributed by atoms with Crippen molar-refractivity contribution in [3.05, 3.63) is 0 Å². The maximum atomic E-state index is 12.1. The molecular weight excluding hydrogens is 304 g/mol. The summed E-state index contributed by atoms with van der Waals surface area (Å²) in [4.78, 5) is 12.1. The van der Waals surface area contributed by atoms with Crippen molar-refractivity contribution in [1.29, 1.82) is 0 Å². The molecule has 0 unspecified atom stereocenters. The predicted molar refractivity (Wildman–Crippen MR) is 111 cm³/mol. The summed E-state index contributed by atoms with van der Waals surface area (Å²) in [6, 6.07) is 0. The average molecular weight is 351 g/mol. The van der Waals surface area contributed by atoms with E-state index in [0.29, 0.717) is 11.7 Å². The first-order chi connectivity index (χ1) is 12.3. The molecule has 0 aromatic carbocycles. The van der Waals surface area contributed by atoms with E-state index in [-0.39, 0.29) is 0 Å². The number of unbranched alkanes of at least 4 members (excludes halogenated alkanes) is 14. The number of carbonyl (C=O) groups excluding carboxylic acids is 1. The summed E-state index contributed by atoms with van der Waals surface area (Å²) in [5.74, 6) is 1.01. The molecule has 1 nitrogen and oxygen atoms in total. The molecule has 0 aromatic heterocycles. The van der Waals surface area contributed by atoms with E-state index >= 15 is 0 Å². The standard InChI is InChI=1S/C24H46O/c1-2-3-4-5-6-7-8-9-10-11-12-13-14-15-19-22-24(25)23-20-17-16-18-21-23/h23H,2-22H2,1H3. The van der Waals surface area contributed by atoms with Crippen LogP contribution in [-0.4, -0.2) is 5.78 Å². The van der Waals surface area contributed by atoms with Crippen molar-refractivity contribution >= 4 is 5.78 Å². The molecule has 0 atom stereocenters. The maximum Gasteiger partial charge on any atom is 0.135 e. The van der Waals surface area contributed by atoms with Gasteiger partial charge >= 0.3 is 0 Å². The van der Waals surface area contributed by atoms with Gasteiger partial charge < -0.3 is 0 Å².